The van der Waals surface area contributed by atoms with Crippen molar-refractivity contribution in [1.29, 1.82) is 0 Å². The number of methoxy groups -OCH3 is 1. The first-order valence-corrected chi connectivity index (χ1v) is 9.35. The Balaban J connectivity index is 1.76. The van der Waals surface area contributed by atoms with Crippen LogP contribution in [0.15, 0.2) is 78.2 Å². The Labute approximate surface area is 160 Å². The van der Waals surface area contributed by atoms with E-state index in [1.54, 1.807) is 55.6 Å². The lowest BCUT2D eigenvalue weighted by atomic mass is 9.93. The second kappa shape index (κ2) is 7.17. The topological polar surface area (TPSA) is 43.4 Å². The highest BCUT2D eigenvalue weighted by Gasteiger charge is 2.21. The third-order valence-corrected chi connectivity index (χ3v) is 5.46. The average molecular weight is 372 g/mol. The van der Waals surface area contributed by atoms with Gasteiger partial charge in [-0.25, -0.2) is 0 Å². The zero-order chi connectivity index (χ0) is 18.8. The molecule has 1 heterocycles. The van der Waals surface area contributed by atoms with Crippen molar-refractivity contribution in [3.05, 3.63) is 100 Å². The van der Waals surface area contributed by atoms with Gasteiger partial charge in [0.2, 0.25) is 0 Å². The first-order valence-electron chi connectivity index (χ1n) is 8.48. The van der Waals surface area contributed by atoms with Gasteiger partial charge >= 0.3 is 0 Å². The quantitative estimate of drug-likeness (QED) is 0.442. The van der Waals surface area contributed by atoms with E-state index in [1.807, 2.05) is 29.6 Å². The van der Waals surface area contributed by atoms with Crippen molar-refractivity contribution in [2.75, 3.05) is 7.11 Å². The third-order valence-electron chi connectivity index (χ3n) is 4.49. The van der Waals surface area contributed by atoms with Crippen LogP contribution in [0.4, 0.5) is 0 Å². The second-order valence-electron chi connectivity index (χ2n) is 6.08. The lowest BCUT2D eigenvalue weighted by Gasteiger charge is -2.08. The zero-order valence-corrected chi connectivity index (χ0v) is 15.5. The number of rotatable bonds is 5. The Bertz CT molecular complexity index is 1140. The summed E-state index contributed by atoms with van der Waals surface area (Å²) in [5, 5.41) is 2.78. The summed E-state index contributed by atoms with van der Waals surface area (Å²) in [5.74, 6) is 0.367. The molecule has 0 radical (unpaired) electrons. The molecule has 132 valence electrons. The summed E-state index contributed by atoms with van der Waals surface area (Å²) >= 11 is 1.53. The van der Waals surface area contributed by atoms with Crippen molar-refractivity contribution >= 4 is 33.0 Å². The SMILES string of the molecule is COc1ccc(C(=O)c2ccccc2C(=O)c2csc3ccccc23)cc1. The van der Waals surface area contributed by atoms with Crippen molar-refractivity contribution in [1.82, 2.24) is 0 Å². The van der Waals surface area contributed by atoms with Gasteiger partial charge in [0.25, 0.3) is 0 Å². The van der Waals surface area contributed by atoms with Gasteiger partial charge in [0.05, 0.1) is 7.11 Å². The lowest BCUT2D eigenvalue weighted by molar-refractivity contribution is 0.100. The zero-order valence-electron chi connectivity index (χ0n) is 14.6. The van der Waals surface area contributed by atoms with E-state index >= 15 is 0 Å². The fraction of sp³-hybridized carbons (Fsp3) is 0.0435. The summed E-state index contributed by atoms with van der Waals surface area (Å²) in [7, 11) is 1.58. The van der Waals surface area contributed by atoms with Crippen LogP contribution >= 0.6 is 11.3 Å². The number of thiophene rings is 1. The Morgan fingerprint density at radius 3 is 2.07 bits per heavy atom. The van der Waals surface area contributed by atoms with Crippen LogP contribution in [0.25, 0.3) is 10.1 Å². The third kappa shape index (κ3) is 3.15. The number of hydrogen-bond donors (Lipinski definition) is 0. The molecule has 1 aromatic heterocycles. The molecule has 0 fully saturated rings. The standard InChI is InChI=1S/C23H16O3S/c1-26-16-12-10-15(11-13-16)22(24)18-7-2-3-8-19(18)23(25)20-14-27-21-9-5-4-6-17(20)21/h2-14H,1H3. The van der Waals surface area contributed by atoms with Crippen LogP contribution in [0.1, 0.15) is 31.8 Å². The minimum absolute atomic E-state index is 0.134. The van der Waals surface area contributed by atoms with Crippen LogP contribution in [-0.2, 0) is 0 Å². The molecule has 0 aliphatic rings. The normalized spacial score (nSPS) is 10.7. The van der Waals surface area contributed by atoms with Gasteiger partial charge in [-0.05, 0) is 30.3 Å². The van der Waals surface area contributed by atoms with Crippen LogP contribution in [0.5, 0.6) is 5.75 Å². The molecule has 3 nitrogen and oxygen atoms in total. The molecule has 27 heavy (non-hydrogen) atoms. The predicted octanol–water partition coefficient (Wildman–Crippen LogP) is 5.37. The summed E-state index contributed by atoms with van der Waals surface area (Å²) in [6, 6.07) is 21.7. The van der Waals surface area contributed by atoms with Crippen molar-refractivity contribution < 1.29 is 14.3 Å². The number of hydrogen-bond acceptors (Lipinski definition) is 4. The van der Waals surface area contributed by atoms with E-state index in [1.165, 1.54) is 11.3 Å². The van der Waals surface area contributed by atoms with Crippen LogP contribution in [0.3, 0.4) is 0 Å². The van der Waals surface area contributed by atoms with Crippen LogP contribution in [-0.4, -0.2) is 18.7 Å². The van der Waals surface area contributed by atoms with Crippen LogP contribution in [0.2, 0.25) is 0 Å². The molecular weight excluding hydrogens is 356 g/mol. The van der Waals surface area contributed by atoms with Gasteiger partial charge in [-0.3, -0.25) is 9.59 Å². The molecule has 0 saturated carbocycles. The highest BCUT2D eigenvalue weighted by molar-refractivity contribution is 7.17. The Kier molecular flexibility index (Phi) is 4.57. The Morgan fingerprint density at radius 2 is 1.37 bits per heavy atom. The van der Waals surface area contributed by atoms with E-state index in [9.17, 15) is 9.59 Å². The summed E-state index contributed by atoms with van der Waals surface area (Å²) in [4.78, 5) is 26.2. The summed E-state index contributed by atoms with van der Waals surface area (Å²) in [6.07, 6.45) is 0. The molecule has 4 aromatic rings. The van der Waals surface area contributed by atoms with Crippen molar-refractivity contribution in [2.45, 2.75) is 0 Å². The largest absolute Gasteiger partial charge is 0.497 e. The number of fused-ring (bicyclic) bond motifs is 1. The first kappa shape index (κ1) is 17.2. The van der Waals surface area contributed by atoms with E-state index < -0.39 is 0 Å². The maximum atomic E-state index is 13.2. The summed E-state index contributed by atoms with van der Waals surface area (Å²) < 4.78 is 6.20. The van der Waals surface area contributed by atoms with E-state index in [0.29, 0.717) is 28.0 Å². The Morgan fingerprint density at radius 1 is 0.741 bits per heavy atom. The molecule has 3 aromatic carbocycles. The molecular formula is C23H16O3S. The van der Waals surface area contributed by atoms with Crippen LogP contribution < -0.4 is 4.74 Å². The molecule has 4 rings (SSSR count). The summed E-state index contributed by atoms with van der Waals surface area (Å²) in [5.41, 5.74) is 1.97. The highest BCUT2D eigenvalue weighted by Crippen LogP contribution is 2.29. The molecule has 0 atom stereocenters. The number of ether oxygens (including phenoxy) is 1. The van der Waals surface area contributed by atoms with Crippen molar-refractivity contribution in [3.63, 3.8) is 0 Å². The first-order chi connectivity index (χ1) is 13.2. The number of benzene rings is 3. The molecule has 0 amide bonds. The van der Waals surface area contributed by atoms with E-state index in [0.717, 1.165) is 10.1 Å². The van der Waals surface area contributed by atoms with E-state index in [2.05, 4.69) is 0 Å². The van der Waals surface area contributed by atoms with Crippen molar-refractivity contribution in [2.24, 2.45) is 0 Å². The smallest absolute Gasteiger partial charge is 0.195 e. The summed E-state index contributed by atoms with van der Waals surface area (Å²) in [6.45, 7) is 0. The molecule has 0 aliphatic heterocycles. The number of carbonyl (C=O) groups excluding carboxylic acids is 2. The Hall–Kier alpha value is -3.24. The van der Waals surface area contributed by atoms with Gasteiger partial charge < -0.3 is 4.74 Å². The van der Waals surface area contributed by atoms with Gasteiger partial charge in [0.1, 0.15) is 5.75 Å². The van der Waals surface area contributed by atoms with Gasteiger partial charge in [-0.2, -0.15) is 0 Å². The van der Waals surface area contributed by atoms with E-state index in [-0.39, 0.29) is 11.6 Å². The monoisotopic (exact) mass is 372 g/mol. The fourth-order valence-electron chi connectivity index (χ4n) is 3.08. The number of carbonyl (C=O) groups is 2. The van der Waals surface area contributed by atoms with Crippen molar-refractivity contribution in [3.8, 4) is 5.75 Å². The minimum Gasteiger partial charge on any atom is -0.497 e. The van der Waals surface area contributed by atoms with Gasteiger partial charge in [0, 0.05) is 37.7 Å². The molecule has 0 saturated heterocycles. The predicted molar refractivity (Wildman–Crippen MR) is 108 cm³/mol. The van der Waals surface area contributed by atoms with Gasteiger partial charge in [0.15, 0.2) is 11.6 Å². The average Bonchev–Trinajstić information content (AvgIpc) is 3.17. The maximum Gasteiger partial charge on any atom is 0.195 e. The highest BCUT2D eigenvalue weighted by atomic mass is 32.1. The van der Waals surface area contributed by atoms with Gasteiger partial charge in [-0.15, -0.1) is 11.3 Å². The number of ketones is 2. The van der Waals surface area contributed by atoms with Crippen LogP contribution in [0, 0.1) is 0 Å². The van der Waals surface area contributed by atoms with Gasteiger partial charge in [-0.1, -0.05) is 42.5 Å². The molecule has 0 spiro atoms. The molecule has 0 bridgehead atoms. The molecule has 4 heteroatoms. The lowest BCUT2D eigenvalue weighted by Crippen LogP contribution is -2.10. The molecule has 0 N–H and O–H groups in total. The minimum atomic E-state index is -0.180. The second-order valence-corrected chi connectivity index (χ2v) is 6.99. The fourth-order valence-corrected chi connectivity index (χ4v) is 4.02. The maximum absolute atomic E-state index is 13.2. The molecule has 0 unspecified atom stereocenters. The molecule has 0 aliphatic carbocycles. The van der Waals surface area contributed by atoms with E-state index in [4.69, 9.17) is 4.74 Å².